The maximum Gasteiger partial charge on any atom is -0.0624 e. The third-order valence-electron chi connectivity index (χ3n) is 1.55. The fourth-order valence-electron chi connectivity index (χ4n) is 0.876. The minimum Gasteiger partial charge on any atom is -0.699 e. The van der Waals surface area contributed by atoms with Crippen LogP contribution >= 0.6 is 18.8 Å². The Morgan fingerprint density at radius 3 is 1.00 bits per heavy atom. The van der Waals surface area contributed by atoms with Crippen LogP contribution < -0.4 is 0 Å². The van der Waals surface area contributed by atoms with Crippen LogP contribution in [-0.2, 0) is 16.5 Å². The first kappa shape index (κ1) is 16.3. The van der Waals surface area contributed by atoms with E-state index in [4.69, 9.17) is 30.3 Å². The molecule has 17 heavy (non-hydrogen) atoms. The molecule has 0 unspecified atom stereocenters. The Morgan fingerprint density at radius 1 is 0.647 bits per heavy atom. The topological polar surface area (TPSA) is 47.6 Å². The van der Waals surface area contributed by atoms with Gasteiger partial charge >= 0.3 is 35.3 Å². The van der Waals surface area contributed by atoms with Crippen LogP contribution in [0.2, 0.25) is 0 Å². The van der Waals surface area contributed by atoms with E-state index in [0.29, 0.717) is 11.4 Å². The molecule has 0 aliphatic heterocycles. The van der Waals surface area contributed by atoms with Crippen molar-refractivity contribution >= 4 is 30.2 Å². The maximum absolute atomic E-state index is 7.00. The summed E-state index contributed by atoms with van der Waals surface area (Å²) in [5, 5.41) is 0. The van der Waals surface area contributed by atoms with Gasteiger partial charge in [0.2, 0.25) is 0 Å². The van der Waals surface area contributed by atoms with Gasteiger partial charge in [0, 0.05) is 0 Å². The van der Waals surface area contributed by atoms with E-state index < -0.39 is 16.5 Å². The van der Waals surface area contributed by atoms with E-state index in [1.807, 2.05) is 36.4 Å². The molecular formula is C12H12Cl2N2Pt. The van der Waals surface area contributed by atoms with Gasteiger partial charge in [-0.1, -0.05) is 60.7 Å². The van der Waals surface area contributed by atoms with Crippen LogP contribution in [0.1, 0.15) is 0 Å². The van der Waals surface area contributed by atoms with Gasteiger partial charge in [-0.25, -0.2) is 0 Å². The average molecular weight is 450 g/mol. The van der Waals surface area contributed by atoms with Crippen molar-refractivity contribution in [2.24, 2.45) is 0 Å². The maximum atomic E-state index is 7.00. The third-order valence-corrected chi connectivity index (χ3v) is 1.55. The average Bonchev–Trinajstić information content (AvgIpc) is 2.33. The van der Waals surface area contributed by atoms with Crippen molar-refractivity contribution in [3.05, 3.63) is 72.1 Å². The first-order valence-corrected chi connectivity index (χ1v) is 10.2. The number of nitrogens with one attached hydrogen (secondary N) is 2. The Balaban J connectivity index is 0.000000247. The molecule has 2 aromatic carbocycles. The number of hydrogen-bond acceptors (Lipinski definition) is 0. The zero-order valence-corrected chi connectivity index (χ0v) is 12.6. The molecule has 2 rings (SSSR count). The largest absolute Gasteiger partial charge is 0.699 e. The molecule has 2 aromatic rings. The van der Waals surface area contributed by atoms with Crippen LogP contribution in [0, 0.1) is 0 Å². The summed E-state index contributed by atoms with van der Waals surface area (Å²) in [6, 6.07) is 18.2. The zero-order chi connectivity index (χ0) is 12.9. The Hall–Kier alpha value is -0.692. The molecule has 0 atom stereocenters. The second-order valence-corrected chi connectivity index (χ2v) is 6.06. The smallest absolute Gasteiger partial charge is 0.0624 e. The standard InChI is InChI=1S/2C6H6N.2ClH.Pt/c2*7-6-4-2-1-3-5-6;;;/h2*1-5,7H;2*1H;/q2*-1;;;+4/p-2. The molecule has 0 saturated heterocycles. The monoisotopic (exact) mass is 449 g/mol. The predicted molar refractivity (Wildman–Crippen MR) is 72.6 cm³/mol. The summed E-state index contributed by atoms with van der Waals surface area (Å²) in [6.45, 7) is 0. The molecule has 0 saturated carbocycles. The molecule has 0 spiro atoms. The van der Waals surface area contributed by atoms with Gasteiger partial charge in [-0.05, 0) is 0 Å². The summed E-state index contributed by atoms with van der Waals surface area (Å²) < 4.78 is 0. The summed E-state index contributed by atoms with van der Waals surface area (Å²) in [5.74, 6) is 0. The van der Waals surface area contributed by atoms with Crippen molar-refractivity contribution < 1.29 is 16.5 Å². The fourth-order valence-corrected chi connectivity index (χ4v) is 0.876. The summed E-state index contributed by atoms with van der Waals surface area (Å²) >= 11 is -0.472. The van der Waals surface area contributed by atoms with Crippen LogP contribution in [0.4, 0.5) is 11.4 Å². The number of halogens is 2. The van der Waals surface area contributed by atoms with Crippen LogP contribution in [-0.4, -0.2) is 0 Å². The van der Waals surface area contributed by atoms with E-state index in [1.165, 1.54) is 0 Å². The number of hydrogen-bond donors (Lipinski definition) is 0. The summed E-state index contributed by atoms with van der Waals surface area (Å²) in [4.78, 5) is 0. The Morgan fingerprint density at radius 2 is 0.882 bits per heavy atom. The van der Waals surface area contributed by atoms with E-state index in [0.717, 1.165) is 0 Å². The SMILES string of the molecule is [Cl][Pt+2][Cl].[NH-]c1ccccc1.[NH-]c1ccccc1. The van der Waals surface area contributed by atoms with Gasteiger partial charge in [0.25, 0.3) is 0 Å². The second kappa shape index (κ2) is 11.8. The Labute approximate surface area is 118 Å². The predicted octanol–water partition coefficient (Wildman–Crippen LogP) is 6.12. The van der Waals surface area contributed by atoms with Crippen LogP contribution in [0.25, 0.3) is 11.5 Å². The fraction of sp³-hybridized carbons (Fsp3) is 0. The number of rotatable bonds is 0. The van der Waals surface area contributed by atoms with E-state index in [-0.39, 0.29) is 0 Å². The first-order chi connectivity index (χ1) is 8.20. The van der Waals surface area contributed by atoms with E-state index in [1.54, 1.807) is 24.3 Å². The molecular weight excluding hydrogens is 438 g/mol. The van der Waals surface area contributed by atoms with Crippen LogP contribution in [0.3, 0.4) is 0 Å². The molecule has 0 heterocycles. The van der Waals surface area contributed by atoms with Gasteiger partial charge in [-0.2, -0.15) is 0 Å². The Bertz CT molecular complexity index is 333. The molecule has 0 fully saturated rings. The van der Waals surface area contributed by atoms with Crippen molar-refractivity contribution in [3.8, 4) is 0 Å². The molecule has 0 radical (unpaired) electrons. The third kappa shape index (κ3) is 11.6. The van der Waals surface area contributed by atoms with E-state index in [2.05, 4.69) is 0 Å². The van der Waals surface area contributed by atoms with Gasteiger partial charge in [-0.3, -0.25) is 0 Å². The van der Waals surface area contributed by atoms with Gasteiger partial charge < -0.3 is 11.5 Å². The molecule has 2 N–H and O–H groups in total. The van der Waals surface area contributed by atoms with Crippen molar-refractivity contribution in [2.75, 3.05) is 0 Å². The summed E-state index contributed by atoms with van der Waals surface area (Å²) in [6.07, 6.45) is 0. The number of benzene rings is 2. The summed E-state index contributed by atoms with van der Waals surface area (Å²) in [7, 11) is 9.75. The first-order valence-electron chi connectivity index (χ1n) is 4.56. The van der Waals surface area contributed by atoms with Crippen LogP contribution in [0.15, 0.2) is 60.7 Å². The molecule has 0 bridgehead atoms. The van der Waals surface area contributed by atoms with Gasteiger partial charge in [-0.15, -0.1) is 11.4 Å². The van der Waals surface area contributed by atoms with Gasteiger partial charge in [0.15, 0.2) is 0 Å². The molecule has 0 amide bonds. The molecule has 2 nitrogen and oxygen atoms in total. The quantitative estimate of drug-likeness (QED) is 0.465. The van der Waals surface area contributed by atoms with Crippen molar-refractivity contribution in [1.29, 1.82) is 0 Å². The van der Waals surface area contributed by atoms with Crippen LogP contribution in [0.5, 0.6) is 0 Å². The van der Waals surface area contributed by atoms with Crippen molar-refractivity contribution in [3.63, 3.8) is 0 Å². The minimum absolute atomic E-state index is 0.472. The Kier molecular flexibility index (Phi) is 11.3. The molecule has 5 heteroatoms. The normalized spacial score (nSPS) is 8.35. The molecule has 0 aromatic heterocycles. The minimum atomic E-state index is -0.472. The van der Waals surface area contributed by atoms with Crippen molar-refractivity contribution in [1.82, 2.24) is 0 Å². The van der Waals surface area contributed by atoms with E-state index >= 15 is 0 Å². The zero-order valence-electron chi connectivity index (χ0n) is 8.85. The molecule has 94 valence electrons. The molecule has 0 aliphatic carbocycles. The van der Waals surface area contributed by atoms with Crippen molar-refractivity contribution in [2.45, 2.75) is 0 Å². The molecule has 0 aliphatic rings. The van der Waals surface area contributed by atoms with Gasteiger partial charge in [0.1, 0.15) is 0 Å². The van der Waals surface area contributed by atoms with E-state index in [9.17, 15) is 0 Å². The summed E-state index contributed by atoms with van der Waals surface area (Å²) in [5.41, 5.74) is 15.1. The van der Waals surface area contributed by atoms with Gasteiger partial charge in [0.05, 0.1) is 0 Å². The second-order valence-electron chi connectivity index (χ2n) is 2.78.